The molecule has 2 aliphatic rings. The van der Waals surface area contributed by atoms with E-state index in [1.54, 1.807) is 34.2 Å². The first-order chi connectivity index (χ1) is 11.9. The van der Waals surface area contributed by atoms with Crippen LogP contribution in [-0.4, -0.2) is 65.2 Å². The lowest BCUT2D eigenvalue weighted by Crippen LogP contribution is -2.45. The molecule has 1 atom stereocenters. The molecular formula is C18H24N4O3. The number of nitrogens with zero attached hydrogens (tertiary/aromatic N) is 3. The van der Waals surface area contributed by atoms with E-state index in [-0.39, 0.29) is 23.6 Å². The first kappa shape index (κ1) is 17.4. The van der Waals surface area contributed by atoms with Crippen LogP contribution in [0.2, 0.25) is 0 Å². The molecule has 0 aromatic carbocycles. The second-order valence-corrected chi connectivity index (χ2v) is 7.31. The van der Waals surface area contributed by atoms with Gasteiger partial charge in [0.15, 0.2) is 0 Å². The van der Waals surface area contributed by atoms with Gasteiger partial charge in [-0.25, -0.2) is 0 Å². The molecule has 7 nitrogen and oxygen atoms in total. The van der Waals surface area contributed by atoms with Crippen LogP contribution >= 0.6 is 0 Å². The monoisotopic (exact) mass is 344 g/mol. The quantitative estimate of drug-likeness (QED) is 0.848. The third-order valence-electron chi connectivity index (χ3n) is 4.87. The average Bonchev–Trinajstić information content (AvgIpc) is 2.86. The largest absolute Gasteiger partial charge is 0.355 e. The van der Waals surface area contributed by atoms with Gasteiger partial charge in [-0.2, -0.15) is 0 Å². The highest BCUT2D eigenvalue weighted by Gasteiger charge is 2.45. The van der Waals surface area contributed by atoms with Gasteiger partial charge in [-0.3, -0.25) is 19.4 Å². The molecule has 134 valence electrons. The molecule has 1 spiro atoms. The SMILES string of the molecule is CC(C)C(=O)N1CCN(C(=O)c2ccccn2)C[C@@]2(CNC(=O)C2)C1. The first-order valence-electron chi connectivity index (χ1n) is 8.66. The van der Waals surface area contributed by atoms with Crippen LogP contribution in [0.1, 0.15) is 30.8 Å². The zero-order valence-electron chi connectivity index (χ0n) is 14.7. The zero-order valence-corrected chi connectivity index (χ0v) is 14.7. The standard InChI is InChI=1S/C18H24N4O3/c1-13(2)16(24)21-7-8-22(17(25)14-5-3-4-6-19-14)12-18(11-21)9-15(23)20-10-18/h3-6,13H,7-12H2,1-2H3,(H,20,23)/t18-/m0/s1. The number of rotatable bonds is 2. The van der Waals surface area contributed by atoms with Crippen molar-refractivity contribution in [1.82, 2.24) is 20.1 Å². The second-order valence-electron chi connectivity index (χ2n) is 7.31. The Morgan fingerprint density at radius 3 is 2.52 bits per heavy atom. The van der Waals surface area contributed by atoms with Crippen LogP contribution in [0.5, 0.6) is 0 Å². The minimum atomic E-state index is -0.428. The molecule has 1 aromatic rings. The Morgan fingerprint density at radius 2 is 1.92 bits per heavy atom. The molecule has 0 radical (unpaired) electrons. The zero-order chi connectivity index (χ0) is 18.0. The highest BCUT2D eigenvalue weighted by molar-refractivity contribution is 5.92. The molecule has 2 aliphatic heterocycles. The third kappa shape index (κ3) is 3.65. The Labute approximate surface area is 147 Å². The van der Waals surface area contributed by atoms with E-state index in [1.807, 2.05) is 13.8 Å². The fraction of sp³-hybridized carbons (Fsp3) is 0.556. The molecule has 0 unspecified atom stereocenters. The van der Waals surface area contributed by atoms with E-state index in [1.165, 1.54) is 0 Å². The second kappa shape index (κ2) is 6.82. The van der Waals surface area contributed by atoms with Gasteiger partial charge in [0.2, 0.25) is 11.8 Å². The van der Waals surface area contributed by atoms with E-state index in [4.69, 9.17) is 0 Å². The highest BCUT2D eigenvalue weighted by atomic mass is 16.2. The Bertz CT molecular complexity index is 676. The Balaban J connectivity index is 1.86. The van der Waals surface area contributed by atoms with Crippen LogP contribution in [0.4, 0.5) is 0 Å². The maximum absolute atomic E-state index is 12.8. The number of hydrogen-bond donors (Lipinski definition) is 1. The van der Waals surface area contributed by atoms with Gasteiger partial charge >= 0.3 is 0 Å². The van der Waals surface area contributed by atoms with Crippen molar-refractivity contribution in [2.24, 2.45) is 11.3 Å². The number of hydrogen-bond acceptors (Lipinski definition) is 4. The summed E-state index contributed by atoms with van der Waals surface area (Å²) >= 11 is 0. The number of aromatic nitrogens is 1. The van der Waals surface area contributed by atoms with Crippen molar-refractivity contribution in [3.8, 4) is 0 Å². The van der Waals surface area contributed by atoms with E-state index < -0.39 is 5.41 Å². The van der Waals surface area contributed by atoms with E-state index in [2.05, 4.69) is 10.3 Å². The van der Waals surface area contributed by atoms with Gasteiger partial charge in [0.25, 0.3) is 5.91 Å². The van der Waals surface area contributed by atoms with Gasteiger partial charge in [-0.1, -0.05) is 19.9 Å². The molecule has 3 heterocycles. The summed E-state index contributed by atoms with van der Waals surface area (Å²) in [6, 6.07) is 5.24. The van der Waals surface area contributed by atoms with Crippen molar-refractivity contribution in [3.05, 3.63) is 30.1 Å². The Morgan fingerprint density at radius 1 is 1.20 bits per heavy atom. The number of carbonyl (C=O) groups is 3. The summed E-state index contributed by atoms with van der Waals surface area (Å²) in [5.41, 5.74) is -0.0404. The van der Waals surface area contributed by atoms with Crippen LogP contribution in [-0.2, 0) is 9.59 Å². The van der Waals surface area contributed by atoms with Crippen LogP contribution in [0.25, 0.3) is 0 Å². The summed E-state index contributed by atoms with van der Waals surface area (Å²) in [6.07, 6.45) is 1.93. The fourth-order valence-corrected chi connectivity index (χ4v) is 3.61. The molecule has 25 heavy (non-hydrogen) atoms. The van der Waals surface area contributed by atoms with Crippen LogP contribution in [0.15, 0.2) is 24.4 Å². The van der Waals surface area contributed by atoms with Gasteiger partial charge in [0.1, 0.15) is 5.69 Å². The van der Waals surface area contributed by atoms with Gasteiger partial charge in [-0.15, -0.1) is 0 Å². The normalized spacial score (nSPS) is 23.7. The number of carbonyl (C=O) groups excluding carboxylic acids is 3. The summed E-state index contributed by atoms with van der Waals surface area (Å²) in [5, 5.41) is 2.87. The summed E-state index contributed by atoms with van der Waals surface area (Å²) < 4.78 is 0. The van der Waals surface area contributed by atoms with Gasteiger partial charge < -0.3 is 15.1 Å². The highest BCUT2D eigenvalue weighted by Crippen LogP contribution is 2.31. The molecule has 0 aliphatic carbocycles. The molecule has 7 heteroatoms. The van der Waals surface area contributed by atoms with Crippen molar-refractivity contribution in [1.29, 1.82) is 0 Å². The van der Waals surface area contributed by atoms with Gasteiger partial charge in [0.05, 0.1) is 0 Å². The summed E-state index contributed by atoms with van der Waals surface area (Å²) in [7, 11) is 0. The number of nitrogens with one attached hydrogen (secondary N) is 1. The average molecular weight is 344 g/mol. The van der Waals surface area contributed by atoms with Gasteiger partial charge in [0, 0.05) is 56.7 Å². The van der Waals surface area contributed by atoms with E-state index in [9.17, 15) is 14.4 Å². The summed E-state index contributed by atoms with van der Waals surface area (Å²) in [4.78, 5) is 44.9. The van der Waals surface area contributed by atoms with Crippen LogP contribution in [0, 0.1) is 11.3 Å². The topological polar surface area (TPSA) is 82.6 Å². The molecule has 1 N–H and O–H groups in total. The van der Waals surface area contributed by atoms with Gasteiger partial charge in [-0.05, 0) is 12.1 Å². The van der Waals surface area contributed by atoms with Crippen LogP contribution in [0.3, 0.4) is 0 Å². The fourth-order valence-electron chi connectivity index (χ4n) is 3.61. The van der Waals surface area contributed by atoms with Crippen molar-refractivity contribution >= 4 is 17.7 Å². The maximum Gasteiger partial charge on any atom is 0.272 e. The van der Waals surface area contributed by atoms with E-state index >= 15 is 0 Å². The first-order valence-corrected chi connectivity index (χ1v) is 8.66. The number of amides is 3. The van der Waals surface area contributed by atoms with Crippen molar-refractivity contribution in [2.75, 3.05) is 32.7 Å². The third-order valence-corrected chi connectivity index (χ3v) is 4.87. The molecule has 3 amide bonds. The minimum absolute atomic E-state index is 0.0240. The molecule has 0 saturated carbocycles. The molecular weight excluding hydrogens is 320 g/mol. The van der Waals surface area contributed by atoms with Crippen molar-refractivity contribution in [3.63, 3.8) is 0 Å². The molecule has 2 fully saturated rings. The summed E-state index contributed by atoms with van der Waals surface area (Å²) in [6.45, 7) is 6.09. The lowest BCUT2D eigenvalue weighted by molar-refractivity contribution is -0.135. The lowest BCUT2D eigenvalue weighted by atomic mass is 9.85. The number of pyridine rings is 1. The molecule has 2 saturated heterocycles. The predicted molar refractivity (Wildman–Crippen MR) is 91.6 cm³/mol. The van der Waals surface area contributed by atoms with Crippen molar-refractivity contribution < 1.29 is 14.4 Å². The Kier molecular flexibility index (Phi) is 4.74. The smallest absolute Gasteiger partial charge is 0.272 e. The Hall–Kier alpha value is -2.44. The predicted octanol–water partition coefficient (Wildman–Crippen LogP) is 0.528. The lowest BCUT2D eigenvalue weighted by Gasteiger charge is -2.33. The van der Waals surface area contributed by atoms with E-state index in [0.717, 1.165) is 0 Å². The van der Waals surface area contributed by atoms with Crippen LogP contribution < -0.4 is 5.32 Å². The van der Waals surface area contributed by atoms with E-state index in [0.29, 0.717) is 44.8 Å². The maximum atomic E-state index is 12.8. The minimum Gasteiger partial charge on any atom is -0.355 e. The summed E-state index contributed by atoms with van der Waals surface area (Å²) in [5.74, 6) is -0.228. The van der Waals surface area contributed by atoms with Crippen molar-refractivity contribution in [2.45, 2.75) is 20.3 Å². The molecule has 3 rings (SSSR count). The molecule has 0 bridgehead atoms. The molecule has 1 aromatic heterocycles.